The predicted molar refractivity (Wildman–Crippen MR) is 78.5 cm³/mol. The monoisotopic (exact) mass is 334 g/mol. The van der Waals surface area contributed by atoms with Crippen LogP contribution in [0.3, 0.4) is 0 Å². The molecule has 0 bridgehead atoms. The van der Waals surface area contributed by atoms with E-state index in [1.807, 2.05) is 17.0 Å². The minimum absolute atomic E-state index is 0.225. The molecule has 1 N–H and O–H groups in total. The van der Waals surface area contributed by atoms with E-state index < -0.39 is 12.0 Å². The number of nitrogens with zero attached hydrogens (tertiary/aromatic N) is 2. The number of carboxylic acids is 1. The summed E-state index contributed by atoms with van der Waals surface area (Å²) in [5.41, 5.74) is 1.28. The lowest BCUT2D eigenvalue weighted by atomic mass is 9.94. The van der Waals surface area contributed by atoms with Crippen molar-refractivity contribution in [3.05, 3.63) is 28.2 Å². The molecule has 1 aromatic rings. The molecule has 1 aliphatic heterocycles. The SMILES string of the molecule is N#Cc1cc(Br)ccc1N1CC2CCCC2C1C(=O)O. The van der Waals surface area contributed by atoms with E-state index in [0.29, 0.717) is 11.5 Å². The number of hydrogen-bond donors (Lipinski definition) is 1. The van der Waals surface area contributed by atoms with Gasteiger partial charge in [0, 0.05) is 11.0 Å². The van der Waals surface area contributed by atoms with Crippen LogP contribution in [0, 0.1) is 23.2 Å². The Kier molecular flexibility index (Phi) is 3.43. The summed E-state index contributed by atoms with van der Waals surface area (Å²) in [6.45, 7) is 0.748. The highest BCUT2D eigenvalue weighted by atomic mass is 79.9. The maximum atomic E-state index is 11.7. The summed E-state index contributed by atoms with van der Waals surface area (Å²) in [6, 6.07) is 7.15. The Hall–Kier alpha value is -1.54. The Bertz CT molecular complexity index is 596. The molecule has 5 heteroatoms. The summed E-state index contributed by atoms with van der Waals surface area (Å²) in [5.74, 6) is -0.0970. The number of benzene rings is 1. The second-order valence-corrected chi connectivity index (χ2v) is 6.48. The molecule has 3 unspecified atom stereocenters. The molecule has 0 amide bonds. The van der Waals surface area contributed by atoms with Crippen LogP contribution < -0.4 is 4.90 Å². The number of carboxylic acid groups (broad SMARTS) is 1. The van der Waals surface area contributed by atoms with E-state index in [-0.39, 0.29) is 5.92 Å². The molecular formula is C15H15BrN2O2. The third-order valence-electron chi connectivity index (χ3n) is 4.53. The molecule has 2 fully saturated rings. The van der Waals surface area contributed by atoms with Gasteiger partial charge in [0.25, 0.3) is 0 Å². The molecular weight excluding hydrogens is 320 g/mol. The van der Waals surface area contributed by atoms with Gasteiger partial charge in [-0.3, -0.25) is 0 Å². The predicted octanol–water partition coefficient (Wildman–Crippen LogP) is 3.01. The molecule has 3 atom stereocenters. The summed E-state index contributed by atoms with van der Waals surface area (Å²) < 4.78 is 0.837. The summed E-state index contributed by atoms with van der Waals surface area (Å²) in [5, 5.41) is 18.9. The van der Waals surface area contributed by atoms with Crippen molar-refractivity contribution in [2.75, 3.05) is 11.4 Å². The fourth-order valence-electron chi connectivity index (χ4n) is 3.72. The van der Waals surface area contributed by atoms with Crippen LogP contribution in [0.15, 0.2) is 22.7 Å². The minimum atomic E-state index is -0.772. The number of nitriles is 1. The summed E-state index contributed by atoms with van der Waals surface area (Å²) in [6.07, 6.45) is 3.21. The van der Waals surface area contributed by atoms with Crippen molar-refractivity contribution in [1.82, 2.24) is 0 Å². The first-order valence-corrected chi connectivity index (χ1v) is 7.60. The van der Waals surface area contributed by atoms with Crippen molar-refractivity contribution < 1.29 is 9.90 Å². The van der Waals surface area contributed by atoms with Crippen LogP contribution in [-0.2, 0) is 4.79 Å². The lowest BCUT2D eigenvalue weighted by Gasteiger charge is -2.27. The standard InChI is InChI=1S/C15H15BrN2O2/c16-11-4-5-13(10(6-11)7-17)18-8-9-2-1-3-12(9)14(18)15(19)20/h4-6,9,12,14H,1-3,8H2,(H,19,20). The van der Waals surface area contributed by atoms with E-state index in [2.05, 4.69) is 22.0 Å². The Labute approximate surface area is 126 Å². The number of hydrogen-bond acceptors (Lipinski definition) is 3. The Morgan fingerprint density at radius 1 is 1.45 bits per heavy atom. The quantitative estimate of drug-likeness (QED) is 0.902. The van der Waals surface area contributed by atoms with Gasteiger partial charge in [-0.05, 0) is 42.9 Å². The van der Waals surface area contributed by atoms with E-state index in [4.69, 9.17) is 0 Å². The van der Waals surface area contributed by atoms with Crippen LogP contribution in [0.1, 0.15) is 24.8 Å². The first-order valence-electron chi connectivity index (χ1n) is 6.81. The van der Waals surface area contributed by atoms with Crippen molar-refractivity contribution in [3.8, 4) is 6.07 Å². The van der Waals surface area contributed by atoms with E-state index in [1.54, 1.807) is 6.07 Å². The fraction of sp³-hybridized carbons (Fsp3) is 0.467. The zero-order valence-corrected chi connectivity index (χ0v) is 12.5. The summed E-state index contributed by atoms with van der Waals surface area (Å²) in [7, 11) is 0. The first-order chi connectivity index (χ1) is 9.61. The number of halogens is 1. The molecule has 104 valence electrons. The average Bonchev–Trinajstić information content (AvgIpc) is 2.97. The molecule has 1 saturated carbocycles. The third-order valence-corrected chi connectivity index (χ3v) is 5.03. The highest BCUT2D eigenvalue weighted by molar-refractivity contribution is 9.10. The summed E-state index contributed by atoms with van der Waals surface area (Å²) >= 11 is 3.35. The number of fused-ring (bicyclic) bond motifs is 1. The van der Waals surface area contributed by atoms with Gasteiger partial charge in [0.05, 0.1) is 11.3 Å². The van der Waals surface area contributed by atoms with Crippen molar-refractivity contribution in [3.63, 3.8) is 0 Å². The van der Waals surface area contributed by atoms with Gasteiger partial charge < -0.3 is 10.0 Å². The van der Waals surface area contributed by atoms with Crippen LogP contribution in [0.25, 0.3) is 0 Å². The van der Waals surface area contributed by atoms with Crippen LogP contribution in [0.5, 0.6) is 0 Å². The van der Waals surface area contributed by atoms with Crippen LogP contribution in [-0.4, -0.2) is 23.7 Å². The third kappa shape index (κ3) is 2.08. The fourth-order valence-corrected chi connectivity index (χ4v) is 4.08. The largest absolute Gasteiger partial charge is 0.480 e. The molecule has 20 heavy (non-hydrogen) atoms. The Balaban J connectivity index is 2.01. The molecule has 2 aliphatic rings. The smallest absolute Gasteiger partial charge is 0.326 e. The van der Waals surface area contributed by atoms with Gasteiger partial charge in [-0.2, -0.15) is 5.26 Å². The number of carbonyl (C=O) groups is 1. The van der Waals surface area contributed by atoms with E-state index >= 15 is 0 Å². The van der Waals surface area contributed by atoms with E-state index in [0.717, 1.165) is 36.0 Å². The molecule has 0 aromatic heterocycles. The number of rotatable bonds is 2. The van der Waals surface area contributed by atoms with Gasteiger partial charge in [-0.15, -0.1) is 0 Å². The number of anilines is 1. The summed E-state index contributed by atoms with van der Waals surface area (Å²) in [4.78, 5) is 13.6. The van der Waals surface area contributed by atoms with Gasteiger partial charge in [0.1, 0.15) is 12.1 Å². The zero-order chi connectivity index (χ0) is 14.3. The second kappa shape index (κ2) is 5.10. The molecule has 1 aliphatic carbocycles. The average molecular weight is 335 g/mol. The van der Waals surface area contributed by atoms with Crippen LogP contribution in [0.2, 0.25) is 0 Å². The molecule has 3 rings (SSSR count). The van der Waals surface area contributed by atoms with Gasteiger partial charge >= 0.3 is 5.97 Å². The minimum Gasteiger partial charge on any atom is -0.480 e. The van der Waals surface area contributed by atoms with Gasteiger partial charge in [-0.1, -0.05) is 22.4 Å². The van der Waals surface area contributed by atoms with Gasteiger partial charge in [-0.25, -0.2) is 4.79 Å². The molecule has 1 saturated heterocycles. The highest BCUT2D eigenvalue weighted by Crippen LogP contribution is 2.44. The van der Waals surface area contributed by atoms with E-state index in [1.165, 1.54) is 0 Å². The topological polar surface area (TPSA) is 64.3 Å². The molecule has 0 spiro atoms. The second-order valence-electron chi connectivity index (χ2n) is 5.56. The molecule has 4 nitrogen and oxygen atoms in total. The zero-order valence-electron chi connectivity index (χ0n) is 10.9. The van der Waals surface area contributed by atoms with Gasteiger partial charge in [0.2, 0.25) is 0 Å². The lowest BCUT2D eigenvalue weighted by molar-refractivity contribution is -0.139. The van der Waals surface area contributed by atoms with Crippen molar-refractivity contribution in [1.29, 1.82) is 5.26 Å². The molecule has 1 heterocycles. The maximum absolute atomic E-state index is 11.7. The van der Waals surface area contributed by atoms with Crippen molar-refractivity contribution in [2.45, 2.75) is 25.3 Å². The van der Waals surface area contributed by atoms with Crippen LogP contribution in [0.4, 0.5) is 5.69 Å². The normalized spacial score (nSPS) is 28.2. The van der Waals surface area contributed by atoms with Crippen molar-refractivity contribution in [2.24, 2.45) is 11.8 Å². The highest BCUT2D eigenvalue weighted by Gasteiger charge is 2.48. The molecule has 0 radical (unpaired) electrons. The van der Waals surface area contributed by atoms with Crippen LogP contribution >= 0.6 is 15.9 Å². The van der Waals surface area contributed by atoms with Crippen molar-refractivity contribution >= 4 is 27.6 Å². The molecule has 1 aromatic carbocycles. The Morgan fingerprint density at radius 2 is 2.25 bits per heavy atom. The van der Waals surface area contributed by atoms with Gasteiger partial charge in [0.15, 0.2) is 0 Å². The van der Waals surface area contributed by atoms with E-state index in [9.17, 15) is 15.2 Å². The lowest BCUT2D eigenvalue weighted by Crippen LogP contribution is -2.40. The Morgan fingerprint density at radius 3 is 2.95 bits per heavy atom. The maximum Gasteiger partial charge on any atom is 0.326 e. The first kappa shape index (κ1) is 13.4. The number of aliphatic carboxylic acids is 1.